The van der Waals surface area contributed by atoms with E-state index in [2.05, 4.69) is 12.2 Å². The molecule has 0 aromatic heterocycles. The molecule has 2 aliphatic rings. The van der Waals surface area contributed by atoms with E-state index in [1.807, 2.05) is 0 Å². The van der Waals surface area contributed by atoms with Gasteiger partial charge in [0, 0.05) is 12.1 Å². The molecule has 1 N–H and O–H groups in total. The molecule has 0 aliphatic heterocycles. The van der Waals surface area contributed by atoms with Gasteiger partial charge in [-0.2, -0.15) is 0 Å². The van der Waals surface area contributed by atoms with Gasteiger partial charge in [-0.15, -0.1) is 0 Å². The van der Waals surface area contributed by atoms with Gasteiger partial charge in [0.05, 0.1) is 15.9 Å². The number of nitro groups is 2. The fraction of sp³-hybridized carbons (Fsp3) is 0.600. The first-order valence-corrected chi connectivity index (χ1v) is 7.65. The minimum Gasteiger partial charge on any atom is -0.377 e. The van der Waals surface area contributed by atoms with Crippen molar-refractivity contribution < 1.29 is 9.85 Å². The first kappa shape index (κ1) is 14.7. The second-order valence-electron chi connectivity index (χ2n) is 6.49. The quantitative estimate of drug-likeness (QED) is 0.660. The molecule has 2 bridgehead atoms. The van der Waals surface area contributed by atoms with E-state index in [1.54, 1.807) is 0 Å². The van der Waals surface area contributed by atoms with Gasteiger partial charge in [-0.05, 0) is 50.0 Å². The molecule has 0 spiro atoms. The molecule has 7 heteroatoms. The zero-order valence-electron chi connectivity index (χ0n) is 12.4. The summed E-state index contributed by atoms with van der Waals surface area (Å²) in [7, 11) is 0. The van der Waals surface area contributed by atoms with Crippen molar-refractivity contribution in [3.63, 3.8) is 0 Å². The highest BCUT2D eigenvalue weighted by Gasteiger charge is 2.42. The Morgan fingerprint density at radius 2 is 1.95 bits per heavy atom. The summed E-state index contributed by atoms with van der Waals surface area (Å²) in [4.78, 5) is 20.8. The molecule has 118 valence electrons. The number of anilines is 1. The molecule has 2 aliphatic carbocycles. The number of benzene rings is 1. The van der Waals surface area contributed by atoms with E-state index >= 15 is 0 Å². The molecular weight excluding hydrogens is 286 g/mol. The van der Waals surface area contributed by atoms with Crippen molar-refractivity contribution in [2.75, 3.05) is 5.32 Å². The predicted molar refractivity (Wildman–Crippen MR) is 81.8 cm³/mol. The molecule has 2 saturated carbocycles. The van der Waals surface area contributed by atoms with Gasteiger partial charge in [-0.3, -0.25) is 20.2 Å². The molecule has 2 fully saturated rings. The van der Waals surface area contributed by atoms with Crippen LogP contribution in [0.5, 0.6) is 0 Å². The summed E-state index contributed by atoms with van der Waals surface area (Å²) in [5.41, 5.74) is -0.125. The maximum absolute atomic E-state index is 11.2. The van der Waals surface area contributed by atoms with Gasteiger partial charge < -0.3 is 5.32 Å². The van der Waals surface area contributed by atoms with Gasteiger partial charge >= 0.3 is 0 Å². The van der Waals surface area contributed by atoms with Crippen molar-refractivity contribution in [2.24, 2.45) is 17.8 Å². The minimum atomic E-state index is -0.615. The number of hydrogen-bond acceptors (Lipinski definition) is 5. The number of rotatable bonds is 5. The Labute approximate surface area is 128 Å². The SMILES string of the molecule is C[C@H](Nc1ccc([N+](=O)[O-])cc1[N+](=O)[O-])[C@@H]1C[C@@H]2CC[C@@H]1C2. The monoisotopic (exact) mass is 305 g/mol. The number of hydrogen-bond donors (Lipinski definition) is 1. The molecule has 0 radical (unpaired) electrons. The van der Waals surface area contributed by atoms with Crippen LogP contribution in [0.4, 0.5) is 17.1 Å². The lowest BCUT2D eigenvalue weighted by Crippen LogP contribution is -2.30. The zero-order valence-corrected chi connectivity index (χ0v) is 12.4. The second-order valence-corrected chi connectivity index (χ2v) is 6.49. The van der Waals surface area contributed by atoms with Crippen molar-refractivity contribution in [2.45, 2.75) is 38.6 Å². The van der Waals surface area contributed by atoms with Gasteiger partial charge in [0.25, 0.3) is 11.4 Å². The van der Waals surface area contributed by atoms with E-state index in [0.717, 1.165) is 12.0 Å². The lowest BCUT2D eigenvalue weighted by Gasteiger charge is -2.29. The summed E-state index contributed by atoms with van der Waals surface area (Å²) in [6.45, 7) is 2.05. The van der Waals surface area contributed by atoms with Crippen LogP contribution in [0.3, 0.4) is 0 Å². The third-order valence-corrected chi connectivity index (χ3v) is 5.21. The summed E-state index contributed by atoms with van der Waals surface area (Å²) in [5, 5.41) is 25.2. The molecular formula is C15H19N3O4. The molecule has 1 aromatic carbocycles. The average molecular weight is 305 g/mol. The second kappa shape index (κ2) is 5.55. The van der Waals surface area contributed by atoms with Crippen LogP contribution in [0, 0.1) is 38.0 Å². The Balaban J connectivity index is 1.79. The van der Waals surface area contributed by atoms with Gasteiger partial charge in [-0.25, -0.2) is 0 Å². The first-order valence-electron chi connectivity index (χ1n) is 7.65. The number of nitrogens with zero attached hydrogens (tertiary/aromatic N) is 2. The number of nitrogens with one attached hydrogen (secondary N) is 1. The normalized spacial score (nSPS) is 27.6. The summed E-state index contributed by atoms with van der Waals surface area (Å²) >= 11 is 0. The Hall–Kier alpha value is -2.18. The number of fused-ring (bicyclic) bond motifs is 2. The van der Waals surface area contributed by atoms with E-state index in [4.69, 9.17) is 0 Å². The van der Waals surface area contributed by atoms with E-state index < -0.39 is 9.85 Å². The summed E-state index contributed by atoms with van der Waals surface area (Å²) in [6.07, 6.45) is 5.02. The molecule has 0 saturated heterocycles. The van der Waals surface area contributed by atoms with Crippen molar-refractivity contribution in [3.05, 3.63) is 38.4 Å². The largest absolute Gasteiger partial charge is 0.377 e. The Kier molecular flexibility index (Phi) is 3.72. The molecule has 0 unspecified atom stereocenters. The summed E-state index contributed by atoms with van der Waals surface area (Å²) < 4.78 is 0. The molecule has 4 atom stereocenters. The van der Waals surface area contributed by atoms with Crippen molar-refractivity contribution in [3.8, 4) is 0 Å². The Bertz CT molecular complexity index is 619. The minimum absolute atomic E-state index is 0.135. The highest BCUT2D eigenvalue weighted by Crippen LogP contribution is 2.50. The van der Waals surface area contributed by atoms with Crippen molar-refractivity contribution >= 4 is 17.1 Å². The van der Waals surface area contributed by atoms with Gasteiger partial charge in [0.2, 0.25) is 0 Å². The summed E-state index contributed by atoms with van der Waals surface area (Å²) in [6, 6.07) is 3.91. The van der Waals surface area contributed by atoms with Gasteiger partial charge in [-0.1, -0.05) is 6.42 Å². The van der Waals surface area contributed by atoms with Crippen molar-refractivity contribution in [1.29, 1.82) is 0 Å². The topological polar surface area (TPSA) is 98.3 Å². The third kappa shape index (κ3) is 2.63. The van der Waals surface area contributed by atoms with Crippen LogP contribution in [0.2, 0.25) is 0 Å². The van der Waals surface area contributed by atoms with E-state index in [9.17, 15) is 20.2 Å². The van der Waals surface area contributed by atoms with Crippen molar-refractivity contribution in [1.82, 2.24) is 0 Å². The van der Waals surface area contributed by atoms with Crippen LogP contribution < -0.4 is 5.32 Å². The molecule has 0 amide bonds. The van der Waals surface area contributed by atoms with Crippen LogP contribution in [0.1, 0.15) is 32.6 Å². The average Bonchev–Trinajstić information content (AvgIpc) is 3.09. The molecule has 0 heterocycles. The molecule has 7 nitrogen and oxygen atoms in total. The zero-order chi connectivity index (χ0) is 15.9. The highest BCUT2D eigenvalue weighted by atomic mass is 16.6. The maximum atomic E-state index is 11.2. The fourth-order valence-corrected chi connectivity index (χ4v) is 4.17. The van der Waals surface area contributed by atoms with Gasteiger partial charge in [0.15, 0.2) is 0 Å². The molecule has 1 aromatic rings. The van der Waals surface area contributed by atoms with Crippen LogP contribution in [-0.2, 0) is 0 Å². The fourth-order valence-electron chi connectivity index (χ4n) is 4.17. The van der Waals surface area contributed by atoms with E-state index in [1.165, 1.54) is 37.8 Å². The van der Waals surface area contributed by atoms with Crippen LogP contribution >= 0.6 is 0 Å². The standard InChI is InChI=1S/C15H19N3O4/c1-9(13-7-10-2-3-11(13)6-10)16-14-5-4-12(17(19)20)8-15(14)18(21)22/h4-5,8-11,13,16H,2-3,6-7H2,1H3/t9-,10+,11+,13-/m0/s1. The van der Waals surface area contributed by atoms with Crippen LogP contribution in [0.15, 0.2) is 18.2 Å². The predicted octanol–water partition coefficient (Wildman–Crippen LogP) is 3.74. The first-order chi connectivity index (χ1) is 10.5. The highest BCUT2D eigenvalue weighted by molar-refractivity contribution is 5.65. The lowest BCUT2D eigenvalue weighted by molar-refractivity contribution is -0.393. The van der Waals surface area contributed by atoms with Crippen LogP contribution in [0.25, 0.3) is 0 Å². The maximum Gasteiger partial charge on any atom is 0.299 e. The smallest absolute Gasteiger partial charge is 0.299 e. The van der Waals surface area contributed by atoms with E-state index in [-0.39, 0.29) is 17.4 Å². The summed E-state index contributed by atoms with van der Waals surface area (Å²) in [5.74, 6) is 2.06. The third-order valence-electron chi connectivity index (χ3n) is 5.21. The Morgan fingerprint density at radius 1 is 1.18 bits per heavy atom. The molecule has 22 heavy (non-hydrogen) atoms. The van der Waals surface area contributed by atoms with E-state index in [0.29, 0.717) is 17.5 Å². The molecule has 3 rings (SSSR count). The van der Waals surface area contributed by atoms with Gasteiger partial charge in [0.1, 0.15) is 5.69 Å². The lowest BCUT2D eigenvalue weighted by atomic mass is 9.84. The number of nitro benzene ring substituents is 2. The van der Waals surface area contributed by atoms with Crippen LogP contribution in [-0.4, -0.2) is 15.9 Å². The Morgan fingerprint density at radius 3 is 2.50 bits per heavy atom. The number of non-ortho nitro benzene ring substituents is 1.